The maximum absolute atomic E-state index is 13.0. The van der Waals surface area contributed by atoms with E-state index in [9.17, 15) is 4.79 Å². The van der Waals surface area contributed by atoms with E-state index in [0.717, 1.165) is 41.4 Å². The highest BCUT2D eigenvalue weighted by molar-refractivity contribution is 5.91. The van der Waals surface area contributed by atoms with Gasteiger partial charge in [0.15, 0.2) is 11.5 Å². The molecule has 1 aliphatic heterocycles. The standard InChI is InChI=1S/C22H27N9O/c1-13-12-14(2)30-21(23-13)24-18(28-30)20(32)29-10-8-15(9-11-29)19-26-25-17-7-6-16(22(3,4)5)27-31(17)19/h6-7,12,15H,8-11H2,1-5H3. The van der Waals surface area contributed by atoms with Crippen LogP contribution in [0.4, 0.5) is 0 Å². The molecule has 0 atom stereocenters. The molecular weight excluding hydrogens is 406 g/mol. The molecule has 0 unspecified atom stereocenters. The Bertz CT molecular complexity index is 1320. The molecule has 1 aliphatic rings. The van der Waals surface area contributed by atoms with Crippen LogP contribution in [-0.4, -0.2) is 63.3 Å². The summed E-state index contributed by atoms with van der Waals surface area (Å²) in [6, 6.07) is 5.90. The van der Waals surface area contributed by atoms with E-state index in [2.05, 4.69) is 46.0 Å². The summed E-state index contributed by atoms with van der Waals surface area (Å²) < 4.78 is 3.48. The predicted octanol–water partition coefficient (Wildman–Crippen LogP) is 2.50. The number of carbonyl (C=O) groups excluding carboxylic acids is 1. The Morgan fingerprint density at radius 1 is 1.00 bits per heavy atom. The van der Waals surface area contributed by atoms with Crippen LogP contribution in [0.15, 0.2) is 18.2 Å². The van der Waals surface area contributed by atoms with Crippen LogP contribution in [0.5, 0.6) is 0 Å². The van der Waals surface area contributed by atoms with Crippen LogP contribution in [0.2, 0.25) is 0 Å². The van der Waals surface area contributed by atoms with Crippen molar-refractivity contribution in [1.82, 2.24) is 44.3 Å². The Morgan fingerprint density at radius 3 is 2.47 bits per heavy atom. The monoisotopic (exact) mass is 433 g/mol. The highest BCUT2D eigenvalue weighted by atomic mass is 16.2. The van der Waals surface area contributed by atoms with Gasteiger partial charge in [-0.3, -0.25) is 4.79 Å². The zero-order valence-corrected chi connectivity index (χ0v) is 19.1. The fraction of sp³-hybridized carbons (Fsp3) is 0.500. The summed E-state index contributed by atoms with van der Waals surface area (Å²) in [4.78, 5) is 23.6. The molecule has 32 heavy (non-hydrogen) atoms. The third-order valence-corrected chi connectivity index (χ3v) is 6.01. The maximum Gasteiger partial charge on any atom is 0.293 e. The van der Waals surface area contributed by atoms with Crippen molar-refractivity contribution >= 4 is 17.3 Å². The van der Waals surface area contributed by atoms with Crippen molar-refractivity contribution < 1.29 is 4.79 Å². The molecule has 10 heteroatoms. The predicted molar refractivity (Wildman–Crippen MR) is 118 cm³/mol. The molecule has 1 amide bonds. The molecule has 0 aliphatic carbocycles. The van der Waals surface area contributed by atoms with Crippen LogP contribution in [0.1, 0.15) is 73.1 Å². The minimum Gasteiger partial charge on any atom is -0.336 e. The van der Waals surface area contributed by atoms with Gasteiger partial charge in [0, 0.05) is 35.8 Å². The third-order valence-electron chi connectivity index (χ3n) is 6.01. The first-order valence-electron chi connectivity index (χ1n) is 10.9. The van der Waals surface area contributed by atoms with E-state index < -0.39 is 0 Å². The second-order valence-corrected chi connectivity index (χ2v) is 9.55. The van der Waals surface area contributed by atoms with Gasteiger partial charge in [0.1, 0.15) is 0 Å². The minimum absolute atomic E-state index is 0.0572. The minimum atomic E-state index is -0.162. The average Bonchev–Trinajstić information content (AvgIpc) is 3.36. The Morgan fingerprint density at radius 2 is 1.75 bits per heavy atom. The van der Waals surface area contributed by atoms with Crippen LogP contribution in [0.3, 0.4) is 0 Å². The zero-order valence-electron chi connectivity index (χ0n) is 19.1. The van der Waals surface area contributed by atoms with Crippen molar-refractivity contribution in [3.05, 3.63) is 46.9 Å². The SMILES string of the molecule is Cc1cc(C)n2nc(C(=O)N3CCC(c4nnc5ccc(C(C)(C)C)nn45)CC3)nc2n1. The molecule has 1 fully saturated rings. The number of amides is 1. The number of piperidine rings is 1. The van der Waals surface area contributed by atoms with E-state index in [1.165, 1.54) is 0 Å². The Labute approximate surface area is 185 Å². The van der Waals surface area contributed by atoms with Crippen LogP contribution in [0, 0.1) is 13.8 Å². The molecule has 5 rings (SSSR count). The Kier molecular flexibility index (Phi) is 4.68. The van der Waals surface area contributed by atoms with Gasteiger partial charge in [-0.1, -0.05) is 20.8 Å². The van der Waals surface area contributed by atoms with E-state index in [1.807, 2.05) is 41.5 Å². The van der Waals surface area contributed by atoms with E-state index in [1.54, 1.807) is 4.52 Å². The molecule has 4 aromatic rings. The normalized spacial score (nSPS) is 15.7. The van der Waals surface area contributed by atoms with Crippen molar-refractivity contribution in [2.75, 3.05) is 13.1 Å². The molecular formula is C22H27N9O. The molecule has 1 saturated heterocycles. The van der Waals surface area contributed by atoms with Gasteiger partial charge in [0.05, 0.1) is 5.69 Å². The summed E-state index contributed by atoms with van der Waals surface area (Å²) in [5.41, 5.74) is 3.44. The number of aromatic nitrogens is 8. The topological polar surface area (TPSA) is 106 Å². The summed E-state index contributed by atoms with van der Waals surface area (Å²) in [5.74, 6) is 1.53. The van der Waals surface area contributed by atoms with Crippen LogP contribution in [-0.2, 0) is 5.41 Å². The smallest absolute Gasteiger partial charge is 0.293 e. The fourth-order valence-corrected chi connectivity index (χ4v) is 4.20. The van der Waals surface area contributed by atoms with Crippen LogP contribution < -0.4 is 0 Å². The molecule has 10 nitrogen and oxygen atoms in total. The van der Waals surface area contributed by atoms with Crippen molar-refractivity contribution in [1.29, 1.82) is 0 Å². The lowest BCUT2D eigenvalue weighted by molar-refractivity contribution is 0.0698. The highest BCUT2D eigenvalue weighted by Crippen LogP contribution is 2.28. The van der Waals surface area contributed by atoms with Crippen molar-refractivity contribution in [2.45, 2.75) is 58.8 Å². The quantitative estimate of drug-likeness (QED) is 0.478. The van der Waals surface area contributed by atoms with E-state index in [-0.39, 0.29) is 23.1 Å². The van der Waals surface area contributed by atoms with Gasteiger partial charge in [-0.25, -0.2) is 9.50 Å². The van der Waals surface area contributed by atoms with E-state index >= 15 is 0 Å². The first-order valence-corrected chi connectivity index (χ1v) is 10.9. The van der Waals surface area contributed by atoms with Gasteiger partial charge >= 0.3 is 0 Å². The zero-order chi connectivity index (χ0) is 22.6. The first-order chi connectivity index (χ1) is 15.2. The lowest BCUT2D eigenvalue weighted by Crippen LogP contribution is -2.38. The maximum atomic E-state index is 13.0. The summed E-state index contributed by atoms with van der Waals surface area (Å²) >= 11 is 0. The number of nitrogens with zero attached hydrogens (tertiary/aromatic N) is 9. The number of hydrogen-bond acceptors (Lipinski definition) is 7. The molecule has 0 saturated carbocycles. The number of likely N-dealkylation sites (tertiary alicyclic amines) is 1. The number of carbonyl (C=O) groups is 1. The van der Waals surface area contributed by atoms with Gasteiger partial charge in [-0.15, -0.1) is 15.3 Å². The molecule has 0 N–H and O–H groups in total. The van der Waals surface area contributed by atoms with Gasteiger partial charge in [-0.2, -0.15) is 14.6 Å². The van der Waals surface area contributed by atoms with Gasteiger partial charge in [-0.05, 0) is 44.9 Å². The number of rotatable bonds is 2. The molecule has 166 valence electrons. The molecule has 0 radical (unpaired) electrons. The van der Waals surface area contributed by atoms with Crippen LogP contribution in [0.25, 0.3) is 11.4 Å². The first kappa shape index (κ1) is 20.5. The fourth-order valence-electron chi connectivity index (χ4n) is 4.20. The number of hydrogen-bond donors (Lipinski definition) is 0. The Balaban J connectivity index is 1.34. The average molecular weight is 434 g/mol. The molecule has 0 bridgehead atoms. The summed E-state index contributed by atoms with van der Waals surface area (Å²) in [6.45, 7) is 11.5. The lowest BCUT2D eigenvalue weighted by Gasteiger charge is -2.30. The van der Waals surface area contributed by atoms with Gasteiger partial charge < -0.3 is 4.90 Å². The van der Waals surface area contributed by atoms with E-state index in [0.29, 0.717) is 18.9 Å². The van der Waals surface area contributed by atoms with Crippen molar-refractivity contribution in [2.24, 2.45) is 0 Å². The van der Waals surface area contributed by atoms with Crippen molar-refractivity contribution in [3.8, 4) is 0 Å². The highest BCUT2D eigenvalue weighted by Gasteiger charge is 2.30. The van der Waals surface area contributed by atoms with Crippen LogP contribution >= 0.6 is 0 Å². The summed E-state index contributed by atoms with van der Waals surface area (Å²) in [7, 11) is 0. The summed E-state index contributed by atoms with van der Waals surface area (Å²) in [6.07, 6.45) is 1.58. The second kappa shape index (κ2) is 7.32. The largest absolute Gasteiger partial charge is 0.336 e. The molecule has 0 spiro atoms. The number of fused-ring (bicyclic) bond motifs is 2. The number of aryl methyl sites for hydroxylation is 2. The molecule has 0 aromatic carbocycles. The lowest BCUT2D eigenvalue weighted by atomic mass is 9.92. The Hall–Kier alpha value is -3.43. The summed E-state index contributed by atoms with van der Waals surface area (Å²) in [5, 5.41) is 17.9. The second-order valence-electron chi connectivity index (χ2n) is 9.55. The van der Waals surface area contributed by atoms with Crippen molar-refractivity contribution in [3.63, 3.8) is 0 Å². The van der Waals surface area contributed by atoms with E-state index in [4.69, 9.17) is 5.10 Å². The molecule has 4 aromatic heterocycles. The van der Waals surface area contributed by atoms with Gasteiger partial charge in [0.25, 0.3) is 11.7 Å². The van der Waals surface area contributed by atoms with Gasteiger partial charge in [0.2, 0.25) is 5.82 Å². The third kappa shape index (κ3) is 3.49. The molecule has 5 heterocycles.